The number of rotatable bonds is 3. The van der Waals surface area contributed by atoms with E-state index >= 15 is 0 Å². The van der Waals surface area contributed by atoms with E-state index in [9.17, 15) is 14.0 Å². The van der Waals surface area contributed by atoms with Crippen LogP contribution in [0.25, 0.3) is 0 Å². The molecule has 5 nitrogen and oxygen atoms in total. The number of benzene rings is 1. The first-order valence-electron chi connectivity index (χ1n) is 6.62. The molecule has 20 heavy (non-hydrogen) atoms. The van der Waals surface area contributed by atoms with E-state index in [4.69, 9.17) is 11.5 Å². The van der Waals surface area contributed by atoms with Crippen molar-refractivity contribution in [3.05, 3.63) is 29.6 Å². The average molecular weight is 279 g/mol. The molecule has 0 atom stereocenters. The number of anilines is 1. The summed E-state index contributed by atoms with van der Waals surface area (Å²) in [7, 11) is 0. The van der Waals surface area contributed by atoms with Gasteiger partial charge in [-0.2, -0.15) is 0 Å². The summed E-state index contributed by atoms with van der Waals surface area (Å²) in [5.74, 6) is -1.19. The van der Waals surface area contributed by atoms with Gasteiger partial charge in [-0.25, -0.2) is 4.39 Å². The van der Waals surface area contributed by atoms with E-state index in [1.807, 2.05) is 0 Å². The fourth-order valence-electron chi connectivity index (χ4n) is 2.48. The van der Waals surface area contributed by atoms with E-state index in [1.165, 1.54) is 18.2 Å². The molecule has 108 valence electrons. The molecule has 2 amide bonds. The second kappa shape index (κ2) is 5.90. The highest BCUT2D eigenvalue weighted by atomic mass is 19.1. The van der Waals surface area contributed by atoms with Crippen LogP contribution < -0.4 is 16.8 Å². The highest BCUT2D eigenvalue weighted by molar-refractivity contribution is 5.95. The largest absolute Gasteiger partial charge is 0.396 e. The lowest BCUT2D eigenvalue weighted by atomic mass is 9.85. The van der Waals surface area contributed by atoms with E-state index in [1.54, 1.807) is 0 Å². The zero-order chi connectivity index (χ0) is 14.7. The Morgan fingerprint density at radius 3 is 2.40 bits per heavy atom. The van der Waals surface area contributed by atoms with Crippen molar-refractivity contribution < 1.29 is 14.0 Å². The second-order valence-electron chi connectivity index (χ2n) is 5.16. The maximum absolute atomic E-state index is 13.0. The molecule has 2 rings (SSSR count). The van der Waals surface area contributed by atoms with Gasteiger partial charge in [-0.05, 0) is 43.9 Å². The monoisotopic (exact) mass is 279 g/mol. The van der Waals surface area contributed by atoms with Gasteiger partial charge in [0, 0.05) is 17.5 Å². The van der Waals surface area contributed by atoms with Gasteiger partial charge in [0.25, 0.3) is 5.91 Å². The van der Waals surface area contributed by atoms with Gasteiger partial charge in [-0.15, -0.1) is 0 Å². The highest BCUT2D eigenvalue weighted by Crippen LogP contribution is 2.24. The number of carbonyl (C=O) groups excluding carboxylic acids is 2. The third-order valence-corrected chi connectivity index (χ3v) is 3.72. The molecule has 6 heteroatoms. The highest BCUT2D eigenvalue weighted by Gasteiger charge is 2.25. The fraction of sp³-hybridized carbons (Fsp3) is 0.429. The Hall–Kier alpha value is -2.11. The Labute approximate surface area is 116 Å². The molecule has 0 spiro atoms. The number of amides is 2. The average Bonchev–Trinajstić information content (AvgIpc) is 2.42. The topological polar surface area (TPSA) is 98.2 Å². The number of nitrogens with two attached hydrogens (primary N) is 2. The third kappa shape index (κ3) is 3.26. The van der Waals surface area contributed by atoms with Gasteiger partial charge in [-0.3, -0.25) is 9.59 Å². The number of carbonyl (C=O) groups is 2. The zero-order valence-corrected chi connectivity index (χ0v) is 11.1. The molecule has 0 saturated heterocycles. The Morgan fingerprint density at radius 1 is 1.20 bits per heavy atom. The third-order valence-electron chi connectivity index (χ3n) is 3.72. The summed E-state index contributed by atoms with van der Waals surface area (Å²) in [6.45, 7) is 0. The first-order chi connectivity index (χ1) is 9.47. The summed E-state index contributed by atoms with van der Waals surface area (Å²) in [5.41, 5.74) is 11.0. The number of hydrogen-bond acceptors (Lipinski definition) is 3. The van der Waals surface area contributed by atoms with Crippen LogP contribution in [0, 0.1) is 11.7 Å². The van der Waals surface area contributed by atoms with Crippen LogP contribution in [0.4, 0.5) is 10.1 Å². The van der Waals surface area contributed by atoms with Crippen LogP contribution >= 0.6 is 0 Å². The van der Waals surface area contributed by atoms with Gasteiger partial charge >= 0.3 is 0 Å². The van der Waals surface area contributed by atoms with E-state index < -0.39 is 5.82 Å². The Bertz CT molecular complexity index is 525. The molecule has 0 bridgehead atoms. The number of primary amides is 1. The Balaban J connectivity index is 1.92. The molecule has 1 aromatic rings. The fourth-order valence-corrected chi connectivity index (χ4v) is 2.48. The lowest BCUT2D eigenvalue weighted by molar-refractivity contribution is -0.122. The SMILES string of the molecule is NC(=O)C1CCC(NC(=O)c2ccc(F)c(N)c2)CC1. The van der Waals surface area contributed by atoms with E-state index in [0.29, 0.717) is 18.4 Å². The van der Waals surface area contributed by atoms with Crippen LogP contribution in [0.5, 0.6) is 0 Å². The summed E-state index contributed by atoms with van der Waals surface area (Å²) in [6.07, 6.45) is 2.81. The lowest BCUT2D eigenvalue weighted by Gasteiger charge is -2.27. The summed E-state index contributed by atoms with van der Waals surface area (Å²) in [5, 5.41) is 2.87. The molecule has 1 aliphatic rings. The molecule has 1 fully saturated rings. The van der Waals surface area contributed by atoms with Gasteiger partial charge in [0.2, 0.25) is 5.91 Å². The minimum Gasteiger partial charge on any atom is -0.396 e. The van der Waals surface area contributed by atoms with Crippen molar-refractivity contribution in [1.82, 2.24) is 5.32 Å². The quantitative estimate of drug-likeness (QED) is 0.724. The van der Waals surface area contributed by atoms with Crippen molar-refractivity contribution in [3.8, 4) is 0 Å². The van der Waals surface area contributed by atoms with Gasteiger partial charge in [-0.1, -0.05) is 0 Å². The number of hydrogen-bond donors (Lipinski definition) is 3. The first-order valence-corrected chi connectivity index (χ1v) is 6.62. The molecule has 0 aromatic heterocycles. The van der Waals surface area contributed by atoms with Gasteiger partial charge in [0.1, 0.15) is 5.82 Å². The second-order valence-corrected chi connectivity index (χ2v) is 5.16. The van der Waals surface area contributed by atoms with Crippen LogP contribution in [0.15, 0.2) is 18.2 Å². The van der Waals surface area contributed by atoms with Crippen molar-refractivity contribution in [1.29, 1.82) is 0 Å². The summed E-state index contributed by atoms with van der Waals surface area (Å²) >= 11 is 0. The van der Waals surface area contributed by atoms with Gasteiger partial charge in [0.05, 0.1) is 5.69 Å². The molecule has 1 aromatic carbocycles. The lowest BCUT2D eigenvalue weighted by Crippen LogP contribution is -2.39. The first kappa shape index (κ1) is 14.3. The van der Waals surface area contributed by atoms with Crippen LogP contribution in [0.1, 0.15) is 36.0 Å². The molecule has 1 aliphatic carbocycles. The normalized spacial score (nSPS) is 22.2. The van der Waals surface area contributed by atoms with Crippen LogP contribution in [0.2, 0.25) is 0 Å². The van der Waals surface area contributed by atoms with Crippen molar-refractivity contribution in [3.63, 3.8) is 0 Å². The predicted molar refractivity (Wildman–Crippen MR) is 73.2 cm³/mol. The zero-order valence-electron chi connectivity index (χ0n) is 11.1. The molecule has 0 unspecified atom stereocenters. The minimum absolute atomic E-state index is 0.0179. The molecule has 1 saturated carbocycles. The Morgan fingerprint density at radius 2 is 1.85 bits per heavy atom. The van der Waals surface area contributed by atoms with Gasteiger partial charge < -0.3 is 16.8 Å². The Kier molecular flexibility index (Phi) is 4.22. The number of halogens is 1. The van der Waals surface area contributed by atoms with E-state index in [-0.39, 0.29) is 29.5 Å². The number of nitrogen functional groups attached to an aromatic ring is 1. The van der Waals surface area contributed by atoms with Crippen molar-refractivity contribution in [2.24, 2.45) is 11.7 Å². The molecule has 5 N–H and O–H groups in total. The smallest absolute Gasteiger partial charge is 0.251 e. The van der Waals surface area contributed by atoms with E-state index in [0.717, 1.165) is 12.8 Å². The number of nitrogens with one attached hydrogen (secondary N) is 1. The molecule has 0 radical (unpaired) electrons. The molecular formula is C14H18FN3O2. The summed E-state index contributed by atoms with van der Waals surface area (Å²) in [4.78, 5) is 23.1. The summed E-state index contributed by atoms with van der Waals surface area (Å²) in [6, 6.07) is 3.91. The van der Waals surface area contributed by atoms with Crippen LogP contribution in [-0.4, -0.2) is 17.9 Å². The van der Waals surface area contributed by atoms with Crippen molar-refractivity contribution in [2.75, 3.05) is 5.73 Å². The molecular weight excluding hydrogens is 261 g/mol. The predicted octanol–water partition coefficient (Wildman–Crippen LogP) is 1.18. The van der Waals surface area contributed by atoms with Gasteiger partial charge in [0.15, 0.2) is 0 Å². The van der Waals surface area contributed by atoms with Crippen molar-refractivity contribution >= 4 is 17.5 Å². The van der Waals surface area contributed by atoms with Crippen molar-refractivity contribution in [2.45, 2.75) is 31.7 Å². The maximum Gasteiger partial charge on any atom is 0.251 e. The maximum atomic E-state index is 13.0. The van der Waals surface area contributed by atoms with E-state index in [2.05, 4.69) is 5.32 Å². The van der Waals surface area contributed by atoms with Crippen LogP contribution in [-0.2, 0) is 4.79 Å². The molecule has 0 heterocycles. The molecule has 0 aliphatic heterocycles. The summed E-state index contributed by atoms with van der Waals surface area (Å²) < 4.78 is 13.0. The standard InChI is InChI=1S/C14H18FN3O2/c15-11-6-3-9(7-12(11)16)14(20)18-10-4-1-8(2-5-10)13(17)19/h3,6-8,10H,1-2,4-5,16H2,(H2,17,19)(H,18,20). The minimum atomic E-state index is -0.538. The van der Waals surface area contributed by atoms with Crippen LogP contribution in [0.3, 0.4) is 0 Å².